The first kappa shape index (κ1) is 14.9. The molecule has 1 unspecified atom stereocenters. The molecule has 0 heterocycles. The average molecular weight is 410 g/mol. The van der Waals surface area contributed by atoms with Gasteiger partial charge in [-0.2, -0.15) is 0 Å². The van der Waals surface area contributed by atoms with E-state index in [4.69, 9.17) is 11.6 Å². The molecule has 0 N–H and O–H groups in total. The lowest BCUT2D eigenvalue weighted by atomic mass is 10.0. The topological polar surface area (TPSA) is 0 Å². The van der Waals surface area contributed by atoms with E-state index >= 15 is 0 Å². The summed E-state index contributed by atoms with van der Waals surface area (Å²) in [7, 11) is 0. The quantitative estimate of drug-likeness (QED) is 0.540. The van der Waals surface area contributed by atoms with Gasteiger partial charge < -0.3 is 0 Å². The van der Waals surface area contributed by atoms with Crippen molar-refractivity contribution in [2.45, 2.75) is 11.2 Å². The molecular weight excluding hydrogens is 401 g/mol. The molecule has 0 fully saturated rings. The van der Waals surface area contributed by atoms with Crippen LogP contribution in [0.1, 0.15) is 16.0 Å². The van der Waals surface area contributed by atoms with Gasteiger partial charge in [0.25, 0.3) is 0 Å². The molecule has 2 aromatic rings. The third kappa shape index (κ3) is 3.56. The van der Waals surface area contributed by atoms with Crippen LogP contribution in [0.25, 0.3) is 0 Å². The number of rotatable bonds is 3. The Bertz CT molecular complexity index is 582. The second kappa shape index (κ2) is 6.33. The zero-order chi connectivity index (χ0) is 14.0. The third-order valence-electron chi connectivity index (χ3n) is 2.74. The molecule has 2 aromatic carbocycles. The van der Waals surface area contributed by atoms with Crippen molar-refractivity contribution in [2.75, 3.05) is 0 Å². The van der Waals surface area contributed by atoms with Crippen molar-refractivity contribution >= 4 is 43.5 Å². The van der Waals surface area contributed by atoms with E-state index in [1.807, 2.05) is 0 Å². The largest absolute Gasteiger partial charge is 0.207 e. The summed E-state index contributed by atoms with van der Waals surface area (Å²) in [6.45, 7) is 0. The molecule has 0 saturated heterocycles. The van der Waals surface area contributed by atoms with E-state index in [1.165, 1.54) is 18.2 Å². The van der Waals surface area contributed by atoms with Crippen LogP contribution in [0.3, 0.4) is 0 Å². The van der Waals surface area contributed by atoms with E-state index < -0.39 is 0 Å². The predicted octanol–water partition coefficient (Wildman–Crippen LogP) is 6.06. The zero-order valence-corrected chi connectivity index (χ0v) is 13.6. The Balaban J connectivity index is 2.31. The lowest BCUT2D eigenvalue weighted by Crippen LogP contribution is -2.00. The fraction of sp³-hybridized carbons (Fsp3) is 0.143. The summed E-state index contributed by atoms with van der Waals surface area (Å²) in [6, 6.07) is 8.97. The average Bonchev–Trinajstić information content (AvgIpc) is 2.37. The lowest BCUT2D eigenvalue weighted by Gasteiger charge is -2.14. The molecule has 0 bridgehead atoms. The highest BCUT2D eigenvalue weighted by atomic mass is 79.9. The highest BCUT2D eigenvalue weighted by molar-refractivity contribution is 9.11. The van der Waals surface area contributed by atoms with Gasteiger partial charge in [-0.15, -0.1) is 0 Å². The summed E-state index contributed by atoms with van der Waals surface area (Å²) in [5.41, 5.74) is 1.14. The van der Waals surface area contributed by atoms with Crippen molar-refractivity contribution in [3.63, 3.8) is 0 Å². The van der Waals surface area contributed by atoms with Gasteiger partial charge in [0.05, 0.1) is 0 Å². The van der Waals surface area contributed by atoms with Crippen LogP contribution in [0.4, 0.5) is 8.78 Å². The SMILES string of the molecule is Fc1ccc(Br)c(C(Br)Cc2c(F)cccc2Cl)c1. The van der Waals surface area contributed by atoms with E-state index in [-0.39, 0.29) is 16.5 Å². The molecule has 0 radical (unpaired) electrons. The molecule has 0 nitrogen and oxygen atoms in total. The molecular formula is C14H9Br2ClF2. The van der Waals surface area contributed by atoms with Crippen molar-refractivity contribution in [3.05, 3.63) is 68.7 Å². The van der Waals surface area contributed by atoms with Crippen molar-refractivity contribution in [2.24, 2.45) is 0 Å². The maximum atomic E-state index is 13.7. The summed E-state index contributed by atoms with van der Waals surface area (Å²) in [4.78, 5) is -0.230. The van der Waals surface area contributed by atoms with Crippen LogP contribution in [-0.4, -0.2) is 0 Å². The second-order valence-electron chi connectivity index (χ2n) is 4.04. The Morgan fingerprint density at radius 3 is 2.58 bits per heavy atom. The van der Waals surface area contributed by atoms with Crippen molar-refractivity contribution in [1.29, 1.82) is 0 Å². The first-order chi connectivity index (χ1) is 8.99. The van der Waals surface area contributed by atoms with Crippen molar-refractivity contribution in [3.8, 4) is 0 Å². The number of alkyl halides is 1. The molecule has 0 aliphatic carbocycles. The normalized spacial score (nSPS) is 12.5. The minimum absolute atomic E-state index is 0.230. The molecule has 0 aliphatic rings. The monoisotopic (exact) mass is 408 g/mol. The minimum Gasteiger partial charge on any atom is -0.207 e. The standard InChI is InChI=1S/C14H9Br2ClF2/c15-11-5-4-8(18)6-9(11)12(16)7-10-13(17)2-1-3-14(10)19/h1-6,12H,7H2. The van der Waals surface area contributed by atoms with Gasteiger partial charge in [-0.1, -0.05) is 49.5 Å². The van der Waals surface area contributed by atoms with Gasteiger partial charge in [0, 0.05) is 19.9 Å². The van der Waals surface area contributed by atoms with Crippen LogP contribution in [-0.2, 0) is 6.42 Å². The molecule has 19 heavy (non-hydrogen) atoms. The number of benzene rings is 2. The molecule has 0 aromatic heterocycles. The molecule has 0 aliphatic heterocycles. The molecule has 1 atom stereocenters. The molecule has 2 rings (SSSR count). The Morgan fingerprint density at radius 1 is 1.16 bits per heavy atom. The molecule has 5 heteroatoms. The first-order valence-electron chi connectivity index (χ1n) is 5.51. The lowest BCUT2D eigenvalue weighted by molar-refractivity contribution is 0.607. The van der Waals surface area contributed by atoms with E-state index in [1.54, 1.807) is 18.2 Å². The van der Waals surface area contributed by atoms with Crippen LogP contribution < -0.4 is 0 Å². The number of hydrogen-bond donors (Lipinski definition) is 0. The molecule has 100 valence electrons. The number of hydrogen-bond acceptors (Lipinski definition) is 0. The van der Waals surface area contributed by atoms with Crippen molar-refractivity contribution < 1.29 is 8.78 Å². The third-order valence-corrected chi connectivity index (χ3v) is 4.63. The van der Waals surface area contributed by atoms with Gasteiger partial charge in [0.1, 0.15) is 11.6 Å². The van der Waals surface area contributed by atoms with Gasteiger partial charge in [-0.05, 0) is 42.3 Å². The smallest absolute Gasteiger partial charge is 0.127 e. The Hall–Kier alpha value is -0.450. The van der Waals surface area contributed by atoms with Crippen molar-refractivity contribution in [1.82, 2.24) is 0 Å². The summed E-state index contributed by atoms with van der Waals surface area (Å²) in [6.07, 6.45) is 0.341. The van der Waals surface area contributed by atoms with Crippen LogP contribution in [0.2, 0.25) is 5.02 Å². The highest BCUT2D eigenvalue weighted by Crippen LogP contribution is 2.35. The fourth-order valence-corrected chi connectivity index (χ4v) is 3.54. The highest BCUT2D eigenvalue weighted by Gasteiger charge is 2.17. The van der Waals surface area contributed by atoms with Gasteiger partial charge in [-0.25, -0.2) is 8.78 Å². The Labute approximate surface area is 132 Å². The first-order valence-corrected chi connectivity index (χ1v) is 7.59. The zero-order valence-electron chi connectivity index (χ0n) is 9.64. The summed E-state index contributed by atoms with van der Waals surface area (Å²) in [5.74, 6) is -0.688. The summed E-state index contributed by atoms with van der Waals surface area (Å²) >= 11 is 12.8. The van der Waals surface area contributed by atoms with Gasteiger partial charge in [0.2, 0.25) is 0 Å². The number of halogens is 5. The van der Waals surface area contributed by atoms with Crippen LogP contribution in [0.5, 0.6) is 0 Å². The predicted molar refractivity (Wildman–Crippen MR) is 80.9 cm³/mol. The molecule has 0 spiro atoms. The van der Waals surface area contributed by atoms with E-state index in [2.05, 4.69) is 31.9 Å². The maximum absolute atomic E-state index is 13.7. The van der Waals surface area contributed by atoms with Gasteiger partial charge in [-0.3, -0.25) is 0 Å². The maximum Gasteiger partial charge on any atom is 0.127 e. The molecule has 0 saturated carbocycles. The van der Waals surface area contributed by atoms with E-state index in [9.17, 15) is 8.78 Å². The van der Waals surface area contributed by atoms with Gasteiger partial charge in [0.15, 0.2) is 0 Å². The van der Waals surface area contributed by atoms with Crippen LogP contribution in [0, 0.1) is 11.6 Å². The fourth-order valence-electron chi connectivity index (χ4n) is 1.77. The minimum atomic E-state index is -0.357. The summed E-state index contributed by atoms with van der Waals surface area (Å²) in [5, 5.41) is 0.372. The Kier molecular flexibility index (Phi) is 4.98. The summed E-state index contributed by atoms with van der Waals surface area (Å²) < 4.78 is 27.7. The van der Waals surface area contributed by atoms with Crippen LogP contribution in [0.15, 0.2) is 40.9 Å². The van der Waals surface area contributed by atoms with E-state index in [0.717, 1.165) is 10.0 Å². The second-order valence-corrected chi connectivity index (χ2v) is 6.40. The van der Waals surface area contributed by atoms with Crippen LogP contribution >= 0.6 is 43.5 Å². The molecule has 0 amide bonds. The Morgan fingerprint density at radius 2 is 1.89 bits per heavy atom. The van der Waals surface area contributed by atoms with E-state index in [0.29, 0.717) is 17.0 Å². The van der Waals surface area contributed by atoms with Gasteiger partial charge >= 0.3 is 0 Å².